The number of sulfonamides is 1. The lowest BCUT2D eigenvalue weighted by molar-refractivity contribution is -0.141. The van der Waals surface area contributed by atoms with Crippen LogP contribution in [0.2, 0.25) is 15.1 Å². The summed E-state index contributed by atoms with van der Waals surface area (Å²) in [5, 5.41) is 3.97. The first-order valence-electron chi connectivity index (χ1n) is 14.2. The van der Waals surface area contributed by atoms with Crippen LogP contribution in [0.25, 0.3) is 0 Å². The molecule has 0 aliphatic carbocycles. The fraction of sp³-hybridized carbons (Fsp3) is 0.375. The standard InChI is InChI=1S/C32H38Cl3N3O5S/c1-22(2)20-36-32(40)29(18-23-10-6-5-7-11-23)37(21-25-26(33)12-8-13-27(25)34)31(39)14-9-17-38(44(4,41)42)24-15-16-30(43-3)28(35)19-24/h5-8,10-13,15-16,19,22,29H,9,14,17-18,20-21H2,1-4H3,(H,36,40). The zero-order chi connectivity index (χ0) is 32.4. The molecule has 8 nitrogen and oxygen atoms in total. The largest absolute Gasteiger partial charge is 0.495 e. The highest BCUT2D eigenvalue weighted by atomic mass is 35.5. The van der Waals surface area contributed by atoms with E-state index in [9.17, 15) is 18.0 Å². The van der Waals surface area contributed by atoms with Gasteiger partial charge in [0.25, 0.3) is 0 Å². The van der Waals surface area contributed by atoms with Gasteiger partial charge in [0.15, 0.2) is 0 Å². The van der Waals surface area contributed by atoms with Gasteiger partial charge < -0.3 is 15.0 Å². The minimum Gasteiger partial charge on any atom is -0.495 e. The fourth-order valence-electron chi connectivity index (χ4n) is 4.64. The molecule has 3 aromatic carbocycles. The molecule has 1 unspecified atom stereocenters. The van der Waals surface area contributed by atoms with E-state index in [1.165, 1.54) is 22.4 Å². The number of carbonyl (C=O) groups excluding carboxylic acids is 2. The van der Waals surface area contributed by atoms with Crippen LogP contribution in [0.1, 0.15) is 37.8 Å². The lowest BCUT2D eigenvalue weighted by Gasteiger charge is -2.32. The number of anilines is 1. The van der Waals surface area contributed by atoms with Gasteiger partial charge in [-0.2, -0.15) is 0 Å². The molecule has 0 radical (unpaired) electrons. The molecule has 0 aliphatic heterocycles. The summed E-state index contributed by atoms with van der Waals surface area (Å²) in [5.74, 6) is -0.0346. The van der Waals surface area contributed by atoms with Gasteiger partial charge in [-0.1, -0.05) is 85.0 Å². The lowest BCUT2D eigenvalue weighted by Crippen LogP contribution is -2.51. The fourth-order valence-corrected chi connectivity index (χ4v) is 6.37. The third-order valence-corrected chi connectivity index (χ3v) is 9.12. The van der Waals surface area contributed by atoms with Crippen LogP contribution in [0.3, 0.4) is 0 Å². The SMILES string of the molecule is COc1ccc(N(CCCC(=O)N(Cc2c(Cl)cccc2Cl)C(Cc2ccccc2)C(=O)NCC(C)C)S(C)(=O)=O)cc1Cl. The van der Waals surface area contributed by atoms with Crippen LogP contribution in [0.5, 0.6) is 5.75 Å². The van der Waals surface area contributed by atoms with Gasteiger partial charge in [-0.25, -0.2) is 8.42 Å². The molecule has 1 N–H and O–H groups in total. The number of halogens is 3. The zero-order valence-electron chi connectivity index (χ0n) is 25.2. The van der Waals surface area contributed by atoms with E-state index in [-0.39, 0.29) is 55.1 Å². The van der Waals surface area contributed by atoms with E-state index in [1.54, 1.807) is 30.3 Å². The number of rotatable bonds is 15. The molecule has 3 rings (SSSR count). The second-order valence-electron chi connectivity index (χ2n) is 10.8. The van der Waals surface area contributed by atoms with E-state index in [2.05, 4.69) is 5.32 Å². The molecule has 0 bridgehead atoms. The molecule has 12 heteroatoms. The molecule has 3 aromatic rings. The Morgan fingerprint density at radius 3 is 2.16 bits per heavy atom. The lowest BCUT2D eigenvalue weighted by atomic mass is 10.0. The average Bonchev–Trinajstić information content (AvgIpc) is 2.97. The van der Waals surface area contributed by atoms with Gasteiger partial charge in [0.2, 0.25) is 21.8 Å². The van der Waals surface area contributed by atoms with Gasteiger partial charge >= 0.3 is 0 Å². The van der Waals surface area contributed by atoms with Crippen molar-refractivity contribution in [1.29, 1.82) is 0 Å². The first kappa shape index (κ1) is 35.5. The van der Waals surface area contributed by atoms with Crippen molar-refractivity contribution in [3.05, 3.63) is 92.9 Å². The number of nitrogens with one attached hydrogen (secondary N) is 1. The average molecular weight is 683 g/mol. The first-order valence-corrected chi connectivity index (χ1v) is 17.1. The minimum atomic E-state index is -3.71. The number of amides is 2. The molecule has 0 aromatic heterocycles. The summed E-state index contributed by atoms with van der Waals surface area (Å²) < 4.78 is 31.8. The van der Waals surface area contributed by atoms with Crippen LogP contribution in [0.4, 0.5) is 5.69 Å². The Bertz CT molecular complexity index is 1520. The number of carbonyl (C=O) groups is 2. The van der Waals surface area contributed by atoms with E-state index in [0.29, 0.717) is 33.6 Å². The molecule has 2 amide bonds. The van der Waals surface area contributed by atoms with Crippen LogP contribution in [-0.2, 0) is 32.6 Å². The topological polar surface area (TPSA) is 96.0 Å². The van der Waals surface area contributed by atoms with E-state index in [4.69, 9.17) is 39.5 Å². The molecule has 0 fully saturated rings. The number of ether oxygens (including phenoxy) is 1. The highest BCUT2D eigenvalue weighted by Gasteiger charge is 2.31. The third-order valence-electron chi connectivity index (χ3n) is 6.92. The monoisotopic (exact) mass is 681 g/mol. The number of benzene rings is 3. The Hall–Kier alpha value is -2.98. The molecule has 0 spiro atoms. The van der Waals surface area contributed by atoms with Crippen molar-refractivity contribution in [3.63, 3.8) is 0 Å². The smallest absolute Gasteiger partial charge is 0.243 e. The second-order valence-corrected chi connectivity index (χ2v) is 14.0. The van der Waals surface area contributed by atoms with Gasteiger partial charge in [0, 0.05) is 48.1 Å². The first-order chi connectivity index (χ1) is 20.8. The molecular formula is C32H38Cl3N3O5S. The highest BCUT2D eigenvalue weighted by Crippen LogP contribution is 2.31. The summed E-state index contributed by atoms with van der Waals surface area (Å²) >= 11 is 19.3. The number of nitrogens with zero attached hydrogens (tertiary/aromatic N) is 2. The van der Waals surface area contributed by atoms with Crippen molar-refractivity contribution in [2.75, 3.05) is 30.8 Å². The molecule has 0 saturated carbocycles. The van der Waals surface area contributed by atoms with Crippen LogP contribution in [0.15, 0.2) is 66.7 Å². The van der Waals surface area contributed by atoms with Crippen LogP contribution < -0.4 is 14.4 Å². The number of hydrogen-bond acceptors (Lipinski definition) is 5. The van der Waals surface area contributed by atoms with Crippen molar-refractivity contribution in [2.45, 2.75) is 45.7 Å². The van der Waals surface area contributed by atoms with Crippen molar-refractivity contribution in [2.24, 2.45) is 5.92 Å². The maximum Gasteiger partial charge on any atom is 0.243 e. The molecule has 238 valence electrons. The molecular weight excluding hydrogens is 645 g/mol. The quantitative estimate of drug-likeness (QED) is 0.195. The molecule has 0 aliphatic rings. The Balaban J connectivity index is 1.93. The zero-order valence-corrected chi connectivity index (χ0v) is 28.3. The Kier molecular flexibility index (Phi) is 13.2. The van der Waals surface area contributed by atoms with Crippen molar-refractivity contribution in [3.8, 4) is 5.75 Å². The Labute approximate surface area is 275 Å². The van der Waals surface area contributed by atoms with Crippen molar-refractivity contribution >= 4 is 62.3 Å². The minimum absolute atomic E-state index is 0.00613. The van der Waals surface area contributed by atoms with E-state index < -0.39 is 16.1 Å². The highest BCUT2D eigenvalue weighted by molar-refractivity contribution is 7.92. The summed E-state index contributed by atoms with van der Waals surface area (Å²) in [7, 11) is -2.24. The predicted molar refractivity (Wildman–Crippen MR) is 178 cm³/mol. The maximum absolute atomic E-state index is 14.0. The van der Waals surface area contributed by atoms with Gasteiger partial charge in [0.05, 0.1) is 24.1 Å². The normalized spacial score (nSPS) is 12.1. The summed E-state index contributed by atoms with van der Waals surface area (Å²) in [6.07, 6.45) is 1.49. The maximum atomic E-state index is 14.0. The summed E-state index contributed by atoms with van der Waals surface area (Å²) in [6.45, 7) is 4.42. The summed E-state index contributed by atoms with van der Waals surface area (Å²) in [6, 6.07) is 18.3. The van der Waals surface area contributed by atoms with E-state index >= 15 is 0 Å². The van der Waals surface area contributed by atoms with Gasteiger partial charge in [-0.3, -0.25) is 13.9 Å². The van der Waals surface area contributed by atoms with Gasteiger partial charge in [-0.15, -0.1) is 0 Å². The van der Waals surface area contributed by atoms with Gasteiger partial charge in [-0.05, 0) is 48.2 Å². The Morgan fingerprint density at radius 1 is 0.932 bits per heavy atom. The third kappa shape index (κ3) is 10.0. The number of methoxy groups -OCH3 is 1. The van der Waals surface area contributed by atoms with Crippen molar-refractivity contribution < 1.29 is 22.7 Å². The van der Waals surface area contributed by atoms with Gasteiger partial charge in [0.1, 0.15) is 11.8 Å². The van der Waals surface area contributed by atoms with Crippen LogP contribution in [0, 0.1) is 5.92 Å². The van der Waals surface area contributed by atoms with E-state index in [0.717, 1.165) is 11.8 Å². The number of hydrogen-bond donors (Lipinski definition) is 1. The molecule has 44 heavy (non-hydrogen) atoms. The van der Waals surface area contributed by atoms with Crippen molar-refractivity contribution in [1.82, 2.24) is 10.2 Å². The molecule has 0 saturated heterocycles. The van der Waals surface area contributed by atoms with Crippen LogP contribution >= 0.6 is 34.8 Å². The van der Waals surface area contributed by atoms with Crippen LogP contribution in [-0.4, -0.2) is 57.6 Å². The molecule has 1 atom stereocenters. The predicted octanol–water partition coefficient (Wildman–Crippen LogP) is 6.61. The Morgan fingerprint density at radius 2 is 1.59 bits per heavy atom. The van der Waals surface area contributed by atoms with E-state index in [1.807, 2.05) is 44.2 Å². The second kappa shape index (κ2) is 16.4. The summed E-state index contributed by atoms with van der Waals surface area (Å²) in [5.41, 5.74) is 1.74. The summed E-state index contributed by atoms with van der Waals surface area (Å²) in [4.78, 5) is 29.2. The molecule has 0 heterocycles.